The van der Waals surface area contributed by atoms with Crippen LogP contribution in [0, 0.1) is 23.7 Å². The SMILES string of the molecule is [C-]#[N+]C1CCC(c2cc(F)cc(C(O)C3(CCC)CCC3)c2)C1COCCCC. The number of rotatable bonds is 10. The highest BCUT2D eigenvalue weighted by atomic mass is 19.1. The quantitative estimate of drug-likeness (QED) is 0.362. The van der Waals surface area contributed by atoms with Crippen LogP contribution < -0.4 is 0 Å². The molecule has 2 aliphatic rings. The van der Waals surface area contributed by atoms with Gasteiger partial charge in [-0.2, -0.15) is 0 Å². The number of hydrogen-bond donors (Lipinski definition) is 1. The fourth-order valence-corrected chi connectivity index (χ4v) is 5.46. The van der Waals surface area contributed by atoms with Crippen LogP contribution in [0.25, 0.3) is 4.85 Å². The van der Waals surface area contributed by atoms with Gasteiger partial charge in [0.25, 0.3) is 0 Å². The van der Waals surface area contributed by atoms with Crippen LogP contribution in [0.3, 0.4) is 0 Å². The third-order valence-electron chi connectivity index (χ3n) is 7.27. The van der Waals surface area contributed by atoms with Gasteiger partial charge in [0, 0.05) is 18.4 Å². The van der Waals surface area contributed by atoms with E-state index in [0.29, 0.717) is 12.2 Å². The molecule has 0 radical (unpaired) electrons. The van der Waals surface area contributed by atoms with Gasteiger partial charge >= 0.3 is 0 Å². The number of ether oxygens (including phenoxy) is 1. The third-order valence-corrected chi connectivity index (χ3v) is 7.27. The molecule has 3 nitrogen and oxygen atoms in total. The summed E-state index contributed by atoms with van der Waals surface area (Å²) in [5, 5.41) is 11.1. The van der Waals surface area contributed by atoms with Crippen molar-refractivity contribution in [1.29, 1.82) is 0 Å². The average molecular weight is 402 g/mol. The van der Waals surface area contributed by atoms with Crippen LogP contribution in [-0.4, -0.2) is 24.4 Å². The molecule has 3 rings (SSSR count). The molecular weight excluding hydrogens is 365 g/mol. The normalized spacial score (nSPS) is 26.7. The van der Waals surface area contributed by atoms with Crippen molar-refractivity contribution in [3.63, 3.8) is 0 Å². The second-order valence-electron chi connectivity index (χ2n) is 9.16. The highest BCUT2D eigenvalue weighted by molar-refractivity contribution is 5.32. The predicted molar refractivity (Wildman–Crippen MR) is 114 cm³/mol. The highest BCUT2D eigenvalue weighted by Gasteiger charge is 2.45. The molecule has 0 saturated heterocycles. The zero-order valence-electron chi connectivity index (χ0n) is 18.0. The van der Waals surface area contributed by atoms with Gasteiger partial charge in [0.1, 0.15) is 5.82 Å². The molecule has 0 bridgehead atoms. The molecule has 29 heavy (non-hydrogen) atoms. The van der Waals surface area contributed by atoms with Crippen molar-refractivity contribution in [3.8, 4) is 0 Å². The Balaban J connectivity index is 1.81. The van der Waals surface area contributed by atoms with Crippen LogP contribution in [0.5, 0.6) is 0 Å². The topological polar surface area (TPSA) is 33.8 Å². The van der Waals surface area contributed by atoms with Gasteiger partial charge in [-0.3, -0.25) is 0 Å². The van der Waals surface area contributed by atoms with Gasteiger partial charge in [-0.1, -0.05) is 39.2 Å². The smallest absolute Gasteiger partial charge is 0.229 e. The Morgan fingerprint density at radius 1 is 1.24 bits per heavy atom. The summed E-state index contributed by atoms with van der Waals surface area (Å²) in [6.07, 6.45) is 8.42. The fourth-order valence-electron chi connectivity index (χ4n) is 5.46. The maximum absolute atomic E-state index is 14.6. The second kappa shape index (κ2) is 10.0. The van der Waals surface area contributed by atoms with E-state index >= 15 is 0 Å². The molecule has 0 aliphatic heterocycles. The Kier molecular flexibility index (Phi) is 7.71. The Bertz CT molecular complexity index is 709. The molecule has 0 aromatic heterocycles. The molecule has 1 aromatic rings. The van der Waals surface area contributed by atoms with Crippen molar-refractivity contribution in [2.24, 2.45) is 11.3 Å². The van der Waals surface area contributed by atoms with E-state index in [-0.39, 0.29) is 29.1 Å². The molecule has 4 heteroatoms. The monoisotopic (exact) mass is 401 g/mol. The number of hydrogen-bond acceptors (Lipinski definition) is 2. The fraction of sp³-hybridized carbons (Fsp3) is 0.720. The molecule has 2 fully saturated rings. The largest absolute Gasteiger partial charge is 0.388 e. The Labute approximate surface area is 175 Å². The van der Waals surface area contributed by atoms with Gasteiger partial charge < -0.3 is 14.7 Å². The molecule has 4 atom stereocenters. The van der Waals surface area contributed by atoms with Crippen LogP contribution in [-0.2, 0) is 4.74 Å². The lowest BCUT2D eigenvalue weighted by molar-refractivity contribution is -0.0442. The van der Waals surface area contributed by atoms with E-state index in [1.807, 2.05) is 6.07 Å². The molecule has 0 spiro atoms. The Morgan fingerprint density at radius 2 is 2.03 bits per heavy atom. The minimum Gasteiger partial charge on any atom is -0.388 e. The summed E-state index contributed by atoms with van der Waals surface area (Å²) >= 11 is 0. The Morgan fingerprint density at radius 3 is 2.66 bits per heavy atom. The average Bonchev–Trinajstić information content (AvgIpc) is 3.10. The predicted octanol–water partition coefficient (Wildman–Crippen LogP) is 6.43. The summed E-state index contributed by atoms with van der Waals surface area (Å²) < 4.78 is 20.5. The summed E-state index contributed by atoms with van der Waals surface area (Å²) in [7, 11) is 0. The van der Waals surface area contributed by atoms with Crippen molar-refractivity contribution in [3.05, 3.63) is 46.6 Å². The first-order valence-electron chi connectivity index (χ1n) is 11.5. The molecule has 2 aliphatic carbocycles. The number of benzene rings is 1. The van der Waals surface area contributed by atoms with Gasteiger partial charge in [-0.05, 0) is 61.3 Å². The van der Waals surface area contributed by atoms with Crippen molar-refractivity contribution in [1.82, 2.24) is 0 Å². The van der Waals surface area contributed by atoms with Crippen LogP contribution in [0.2, 0.25) is 0 Å². The highest BCUT2D eigenvalue weighted by Crippen LogP contribution is 2.54. The van der Waals surface area contributed by atoms with E-state index in [9.17, 15) is 9.50 Å². The molecular formula is C25H36FNO2. The molecule has 0 amide bonds. The molecule has 0 heterocycles. The summed E-state index contributed by atoms with van der Waals surface area (Å²) in [6.45, 7) is 13.1. The van der Waals surface area contributed by atoms with Crippen LogP contribution in [0.1, 0.15) is 94.8 Å². The van der Waals surface area contributed by atoms with Gasteiger partial charge in [0.05, 0.1) is 18.6 Å². The van der Waals surface area contributed by atoms with Crippen molar-refractivity contribution in [2.45, 2.75) is 89.7 Å². The van der Waals surface area contributed by atoms with Crippen molar-refractivity contribution in [2.75, 3.05) is 13.2 Å². The summed E-state index contributed by atoms with van der Waals surface area (Å²) in [6, 6.07) is 5.08. The summed E-state index contributed by atoms with van der Waals surface area (Å²) in [5.74, 6) is -0.0511. The standard InChI is InChI=1S/C25H36FNO2/c1-4-6-13-29-17-22-21(8-9-23(22)27-3)18-14-19(16-20(26)15-18)24(28)25(10-5-2)11-7-12-25/h14-16,21-24,28H,4-13,17H2,1-2H3. The van der Waals surface area contributed by atoms with Gasteiger partial charge in [0.2, 0.25) is 6.04 Å². The van der Waals surface area contributed by atoms with Crippen molar-refractivity contribution >= 4 is 0 Å². The van der Waals surface area contributed by atoms with Crippen molar-refractivity contribution < 1.29 is 14.2 Å². The van der Waals surface area contributed by atoms with Gasteiger partial charge in [0.15, 0.2) is 0 Å². The maximum atomic E-state index is 14.6. The number of aliphatic hydroxyl groups excluding tert-OH is 1. The lowest BCUT2D eigenvalue weighted by Crippen LogP contribution is -2.36. The maximum Gasteiger partial charge on any atom is 0.229 e. The first-order valence-corrected chi connectivity index (χ1v) is 11.5. The lowest BCUT2D eigenvalue weighted by atomic mass is 9.61. The number of halogens is 1. The Hall–Kier alpha value is -1.44. The van der Waals surface area contributed by atoms with Crippen LogP contribution in [0.4, 0.5) is 4.39 Å². The number of unbranched alkanes of at least 4 members (excludes halogenated alkanes) is 1. The van der Waals surface area contributed by atoms with E-state index in [4.69, 9.17) is 11.3 Å². The van der Waals surface area contributed by atoms with Crippen LogP contribution >= 0.6 is 0 Å². The molecule has 1 aromatic carbocycles. The second-order valence-corrected chi connectivity index (χ2v) is 9.16. The number of nitrogens with zero attached hydrogens (tertiary/aromatic N) is 1. The minimum absolute atomic E-state index is 0.0590. The van der Waals surface area contributed by atoms with Gasteiger partial charge in [-0.25, -0.2) is 11.0 Å². The zero-order chi connectivity index (χ0) is 20.9. The van der Waals surface area contributed by atoms with E-state index in [0.717, 1.165) is 70.0 Å². The third kappa shape index (κ3) is 4.84. The minimum atomic E-state index is -0.608. The van der Waals surface area contributed by atoms with E-state index < -0.39 is 6.10 Å². The molecule has 4 unspecified atom stereocenters. The molecule has 1 N–H and O–H groups in total. The molecule has 2 saturated carbocycles. The summed E-state index contributed by atoms with van der Waals surface area (Å²) in [5.41, 5.74) is 1.56. The van der Waals surface area contributed by atoms with E-state index in [1.54, 1.807) is 6.07 Å². The first-order chi connectivity index (χ1) is 14.0. The molecule has 160 valence electrons. The van der Waals surface area contributed by atoms with Crippen LogP contribution in [0.15, 0.2) is 18.2 Å². The van der Waals surface area contributed by atoms with E-state index in [1.165, 1.54) is 6.07 Å². The first kappa shape index (κ1) is 22.2. The van der Waals surface area contributed by atoms with E-state index in [2.05, 4.69) is 18.7 Å². The lowest BCUT2D eigenvalue weighted by Gasteiger charge is -2.46. The van der Waals surface area contributed by atoms with Gasteiger partial charge in [-0.15, -0.1) is 0 Å². The zero-order valence-corrected chi connectivity index (χ0v) is 18.0. The number of aliphatic hydroxyl groups is 1. The summed E-state index contributed by atoms with van der Waals surface area (Å²) in [4.78, 5) is 3.84.